The summed E-state index contributed by atoms with van der Waals surface area (Å²) in [5.41, 5.74) is 8.11. The van der Waals surface area contributed by atoms with Crippen LogP contribution in [0.4, 0.5) is 0 Å². The molecule has 2 radical (unpaired) electrons. The van der Waals surface area contributed by atoms with Gasteiger partial charge in [0.25, 0.3) is 0 Å². The summed E-state index contributed by atoms with van der Waals surface area (Å²) >= 11 is 33.9. The van der Waals surface area contributed by atoms with Crippen molar-refractivity contribution >= 4 is 127 Å². The molecular formula is C42H46Cl8Si3Zr. The van der Waals surface area contributed by atoms with Gasteiger partial charge in [-0.15, -0.1) is 136 Å². The Bertz CT molecular complexity index is 1760. The molecule has 286 valence electrons. The molecule has 0 nitrogen and oxygen atoms in total. The fraction of sp³-hybridized carbons (Fsp3) is 0.286. The van der Waals surface area contributed by atoms with E-state index in [1.165, 1.54) is 79.9 Å². The normalized spacial score (nSPS) is 11.1. The van der Waals surface area contributed by atoms with Gasteiger partial charge in [0.1, 0.15) is 0 Å². The van der Waals surface area contributed by atoms with Gasteiger partial charge in [0.2, 0.25) is 0 Å². The van der Waals surface area contributed by atoms with E-state index in [0.29, 0.717) is 0 Å². The first-order chi connectivity index (χ1) is 25.9. The Kier molecular flexibility index (Phi) is 23.4. The summed E-state index contributed by atoms with van der Waals surface area (Å²) in [7, 11) is 10.9. The zero-order chi connectivity index (χ0) is 39.4. The molecule has 6 aromatic carbocycles. The Morgan fingerprint density at radius 3 is 1.22 bits per heavy atom. The molecule has 0 spiro atoms. The predicted molar refractivity (Wildman–Crippen MR) is 250 cm³/mol. The standard InChI is InChI=1S/2C17H15.C8H16Cl6Si3.2ClH.Zr/c2*1-2-13-11-15-9-6-10-16(17(15)12-13)14-7-4-3-5-8-14;9-16(10,11)7-3-1-5-15-6-2-4-8-17(12,13)14;;;/h2*3-12H,2H2,1H3;1-8H2;2*1H;/q2*-1;;;;+4/p-2. The van der Waals surface area contributed by atoms with E-state index < -0.39 is 32.9 Å². The van der Waals surface area contributed by atoms with Crippen LogP contribution in [0, 0.1) is 0 Å². The van der Waals surface area contributed by atoms with Crippen LogP contribution in [-0.4, -0.2) is 21.5 Å². The summed E-state index contributed by atoms with van der Waals surface area (Å²) in [5.74, 6) is 0. The molecule has 0 aliphatic rings. The van der Waals surface area contributed by atoms with Gasteiger partial charge in [-0.2, -0.15) is 12.1 Å². The van der Waals surface area contributed by atoms with E-state index in [9.17, 15) is 0 Å². The van der Waals surface area contributed by atoms with Crippen LogP contribution in [0.25, 0.3) is 43.8 Å². The number of fused-ring (bicyclic) bond motifs is 2. The van der Waals surface area contributed by atoms with Crippen molar-refractivity contribution in [3.8, 4) is 22.3 Å². The van der Waals surface area contributed by atoms with E-state index in [2.05, 4.69) is 135 Å². The van der Waals surface area contributed by atoms with Gasteiger partial charge >= 0.3 is 49.9 Å². The molecule has 0 heterocycles. The third-order valence-corrected chi connectivity index (χ3v) is 15.4. The van der Waals surface area contributed by atoms with Gasteiger partial charge in [0, 0.05) is 9.52 Å². The van der Waals surface area contributed by atoms with Crippen molar-refractivity contribution in [1.82, 2.24) is 0 Å². The van der Waals surface area contributed by atoms with E-state index >= 15 is 0 Å². The molecule has 0 aliphatic heterocycles. The molecule has 0 N–H and O–H groups in total. The molecule has 6 rings (SSSR count). The maximum atomic E-state index is 5.80. The minimum atomic E-state index is -2.38. The van der Waals surface area contributed by atoms with E-state index in [-0.39, 0.29) is 0 Å². The molecule has 0 atom stereocenters. The summed E-state index contributed by atoms with van der Waals surface area (Å²) < 4.78 is 0. The predicted octanol–water partition coefficient (Wildman–Crippen LogP) is 17.4. The van der Waals surface area contributed by atoms with Crippen molar-refractivity contribution in [2.45, 2.75) is 76.5 Å². The van der Waals surface area contributed by atoms with Crippen molar-refractivity contribution in [2.75, 3.05) is 0 Å². The monoisotopic (exact) mass is 1000 g/mol. The van der Waals surface area contributed by atoms with Crippen LogP contribution in [0.1, 0.15) is 50.7 Å². The Labute approximate surface area is 374 Å². The van der Waals surface area contributed by atoms with Gasteiger partial charge in [0.15, 0.2) is 0 Å². The molecule has 0 unspecified atom stereocenters. The third kappa shape index (κ3) is 18.3. The maximum absolute atomic E-state index is 5.80. The molecule has 6 aromatic rings. The first-order valence-corrected chi connectivity index (χ1v) is 36.4. The van der Waals surface area contributed by atoms with E-state index in [1.807, 2.05) is 0 Å². The Balaban J connectivity index is 0.000000210. The van der Waals surface area contributed by atoms with Crippen LogP contribution in [0.15, 0.2) is 121 Å². The van der Waals surface area contributed by atoms with Gasteiger partial charge in [-0.3, -0.25) is 0 Å². The van der Waals surface area contributed by atoms with Gasteiger partial charge in [-0.05, 0) is 36.1 Å². The molecule has 12 heteroatoms. The van der Waals surface area contributed by atoms with Crippen LogP contribution >= 0.6 is 83.5 Å². The Morgan fingerprint density at radius 1 is 0.519 bits per heavy atom. The topological polar surface area (TPSA) is 0 Å². The number of benzene rings is 4. The fourth-order valence-corrected chi connectivity index (χ4v) is 11.0. The molecule has 0 fully saturated rings. The van der Waals surface area contributed by atoms with Crippen LogP contribution < -0.4 is 0 Å². The molecule has 0 aliphatic carbocycles. The quantitative estimate of drug-likeness (QED) is 0.0441. The molecule has 0 amide bonds. The molecule has 0 saturated carbocycles. The zero-order valence-electron chi connectivity index (χ0n) is 30.6. The molecule has 0 saturated heterocycles. The average Bonchev–Trinajstić information content (AvgIpc) is 3.79. The van der Waals surface area contributed by atoms with Crippen molar-refractivity contribution in [2.24, 2.45) is 0 Å². The summed E-state index contributed by atoms with van der Waals surface area (Å²) in [6.45, 7) is 4.41. The van der Waals surface area contributed by atoms with E-state index in [1.54, 1.807) is 0 Å². The zero-order valence-corrected chi connectivity index (χ0v) is 42.1. The second kappa shape index (κ2) is 26.1. The van der Waals surface area contributed by atoms with Crippen LogP contribution in [0.3, 0.4) is 0 Å². The number of hydrogen-bond donors (Lipinski definition) is 0. The van der Waals surface area contributed by atoms with E-state index in [0.717, 1.165) is 47.3 Å². The van der Waals surface area contributed by atoms with Gasteiger partial charge in [-0.25, -0.2) is 0 Å². The van der Waals surface area contributed by atoms with Crippen molar-refractivity contribution in [3.63, 3.8) is 0 Å². The third-order valence-electron chi connectivity index (χ3n) is 8.73. The van der Waals surface area contributed by atoms with Crippen LogP contribution in [0.2, 0.25) is 24.2 Å². The first-order valence-electron chi connectivity index (χ1n) is 18.2. The van der Waals surface area contributed by atoms with E-state index in [4.69, 9.17) is 83.5 Å². The van der Waals surface area contributed by atoms with Crippen LogP contribution in [-0.2, 0) is 33.7 Å². The summed E-state index contributed by atoms with van der Waals surface area (Å²) in [4.78, 5) is 0. The summed E-state index contributed by atoms with van der Waals surface area (Å²) in [6.07, 6.45) is 6.61. The van der Waals surface area contributed by atoms with Crippen LogP contribution in [0.5, 0.6) is 0 Å². The fourth-order valence-electron chi connectivity index (χ4n) is 6.02. The second-order valence-corrected chi connectivity index (χ2v) is 36.5. The SMILES string of the molecule is CCc1cc2c(-c3ccccc3)cccc2[cH-]1.CCc1cc2c(-c3ccccc3)cccc2[cH-]1.Cl[Si](Cl)(Cl)CCCC[Si]CCCC[Si](Cl)(Cl)Cl.[Cl][Zr+2][Cl]. The number of aryl methyl sites for hydroxylation is 2. The number of unbranched alkanes of at least 4 members (excludes halogenated alkanes) is 2. The molecular weight excluding hydrogens is 964 g/mol. The Hall–Kier alpha value is -0.0462. The van der Waals surface area contributed by atoms with Crippen molar-refractivity contribution < 1.29 is 20.8 Å². The Morgan fingerprint density at radius 2 is 0.889 bits per heavy atom. The molecule has 0 bridgehead atoms. The molecule has 0 aromatic heterocycles. The van der Waals surface area contributed by atoms with Gasteiger partial charge < -0.3 is 0 Å². The second-order valence-electron chi connectivity index (χ2n) is 12.7. The molecule has 54 heavy (non-hydrogen) atoms. The summed E-state index contributed by atoms with van der Waals surface area (Å²) in [5, 5.41) is 5.44. The summed E-state index contributed by atoms with van der Waals surface area (Å²) in [6, 6.07) is 42.8. The average molecular weight is 1010 g/mol. The minimum absolute atomic E-state index is 0.779. The first kappa shape index (κ1) is 48.3. The number of halogens is 8. The number of hydrogen-bond acceptors (Lipinski definition) is 0. The number of rotatable bonds is 14. The van der Waals surface area contributed by atoms with Crippen molar-refractivity contribution in [1.29, 1.82) is 0 Å². The van der Waals surface area contributed by atoms with Crippen molar-refractivity contribution in [3.05, 3.63) is 132 Å². The van der Waals surface area contributed by atoms with Gasteiger partial charge in [-0.1, -0.05) is 136 Å². The van der Waals surface area contributed by atoms with Gasteiger partial charge in [0.05, 0.1) is 0 Å².